The fourth-order valence-corrected chi connectivity index (χ4v) is 5.21. The van der Waals surface area contributed by atoms with Gasteiger partial charge in [0.1, 0.15) is 23.4 Å². The highest BCUT2D eigenvalue weighted by atomic mass is 19.1. The zero-order valence-corrected chi connectivity index (χ0v) is 18.0. The number of hydrogen-bond donors (Lipinski definition) is 0. The van der Waals surface area contributed by atoms with E-state index in [0.717, 1.165) is 6.07 Å². The number of fused-ring (bicyclic) bond motifs is 1. The summed E-state index contributed by atoms with van der Waals surface area (Å²) in [7, 11) is 0. The van der Waals surface area contributed by atoms with Gasteiger partial charge in [0.05, 0.1) is 12.2 Å². The molecule has 2 amide bonds. The first-order valence-corrected chi connectivity index (χ1v) is 11.0. The van der Waals surface area contributed by atoms with Gasteiger partial charge in [-0.15, -0.1) is 0 Å². The molecule has 5 rings (SSSR count). The Kier molecular flexibility index (Phi) is 5.03. The number of carbonyl (C=O) groups is 2. The van der Waals surface area contributed by atoms with Gasteiger partial charge < -0.3 is 19.1 Å². The van der Waals surface area contributed by atoms with Crippen LogP contribution in [0, 0.1) is 11.6 Å². The Morgan fingerprint density at radius 2 is 1.84 bits per heavy atom. The van der Waals surface area contributed by atoms with Crippen LogP contribution in [0.3, 0.4) is 0 Å². The molecule has 7 nitrogen and oxygen atoms in total. The molecule has 3 aliphatic heterocycles. The molecule has 0 unspecified atom stereocenters. The minimum Gasteiger partial charge on any atom is -0.360 e. The average molecular weight is 445 g/mol. The molecule has 0 saturated carbocycles. The molecule has 0 radical (unpaired) electrons. The summed E-state index contributed by atoms with van der Waals surface area (Å²) in [6.07, 6.45) is 2.97. The lowest BCUT2D eigenvalue weighted by Gasteiger charge is -2.37. The summed E-state index contributed by atoms with van der Waals surface area (Å²) < 4.78 is 39.0. The maximum atomic E-state index is 13.8. The van der Waals surface area contributed by atoms with E-state index in [2.05, 4.69) is 5.16 Å². The third-order valence-corrected chi connectivity index (χ3v) is 6.80. The van der Waals surface area contributed by atoms with Gasteiger partial charge in [-0.3, -0.25) is 9.59 Å². The Labute approximate surface area is 184 Å². The molecule has 0 N–H and O–H groups in total. The van der Waals surface area contributed by atoms with E-state index >= 15 is 0 Å². The van der Waals surface area contributed by atoms with E-state index in [1.165, 1.54) is 18.3 Å². The van der Waals surface area contributed by atoms with Crippen molar-refractivity contribution in [3.05, 3.63) is 52.9 Å². The second-order valence-electron chi connectivity index (χ2n) is 9.13. The second kappa shape index (κ2) is 7.65. The lowest BCUT2D eigenvalue weighted by Crippen LogP contribution is -2.51. The highest BCUT2D eigenvalue weighted by Gasteiger charge is 2.58. The van der Waals surface area contributed by atoms with Crippen LogP contribution in [0.25, 0.3) is 0 Å². The lowest BCUT2D eigenvalue weighted by molar-refractivity contribution is -0.142. The zero-order valence-electron chi connectivity index (χ0n) is 18.0. The molecule has 0 bridgehead atoms. The van der Waals surface area contributed by atoms with E-state index in [-0.39, 0.29) is 17.7 Å². The first-order chi connectivity index (χ1) is 15.3. The van der Waals surface area contributed by atoms with Crippen molar-refractivity contribution >= 4 is 11.8 Å². The number of rotatable bonds is 3. The van der Waals surface area contributed by atoms with Crippen molar-refractivity contribution < 1.29 is 27.6 Å². The van der Waals surface area contributed by atoms with E-state index in [4.69, 9.17) is 9.26 Å². The average Bonchev–Trinajstić information content (AvgIpc) is 3.44. The summed E-state index contributed by atoms with van der Waals surface area (Å²) in [5, 5.41) is 3.77. The Morgan fingerprint density at radius 1 is 1.16 bits per heavy atom. The van der Waals surface area contributed by atoms with E-state index in [1.54, 1.807) is 9.80 Å². The monoisotopic (exact) mass is 445 g/mol. The fourth-order valence-electron chi connectivity index (χ4n) is 5.21. The van der Waals surface area contributed by atoms with Gasteiger partial charge in [0.25, 0.3) is 11.8 Å². The van der Waals surface area contributed by atoms with Gasteiger partial charge in [0.15, 0.2) is 11.4 Å². The summed E-state index contributed by atoms with van der Waals surface area (Å²) in [6.45, 7) is 4.60. The number of benzene rings is 1. The fraction of sp³-hybridized carbons (Fsp3) is 0.522. The third kappa shape index (κ3) is 3.30. The van der Waals surface area contributed by atoms with Crippen LogP contribution in [-0.4, -0.2) is 51.7 Å². The molecule has 3 aliphatic rings. The summed E-state index contributed by atoms with van der Waals surface area (Å²) in [5.41, 5.74) is -0.106. The number of hydrogen-bond acceptors (Lipinski definition) is 5. The van der Waals surface area contributed by atoms with Gasteiger partial charge in [-0.1, -0.05) is 19.0 Å². The largest absolute Gasteiger partial charge is 0.360 e. The molecule has 3 saturated heterocycles. The maximum absolute atomic E-state index is 13.8. The normalized spacial score (nSPS) is 24.6. The number of piperidine rings is 1. The van der Waals surface area contributed by atoms with Crippen LogP contribution in [0.2, 0.25) is 0 Å². The van der Waals surface area contributed by atoms with Crippen molar-refractivity contribution in [2.45, 2.75) is 63.3 Å². The van der Waals surface area contributed by atoms with Crippen molar-refractivity contribution in [3.8, 4) is 0 Å². The van der Waals surface area contributed by atoms with Gasteiger partial charge in [-0.05, 0) is 30.5 Å². The minimum absolute atomic E-state index is 0.0316. The predicted octanol–water partition coefficient (Wildman–Crippen LogP) is 3.77. The van der Waals surface area contributed by atoms with Crippen LogP contribution in [0.1, 0.15) is 73.2 Å². The van der Waals surface area contributed by atoms with Crippen molar-refractivity contribution in [2.75, 3.05) is 13.1 Å². The smallest absolute Gasteiger partial charge is 0.259 e. The first kappa shape index (κ1) is 21.1. The molecule has 0 aliphatic carbocycles. The summed E-state index contributed by atoms with van der Waals surface area (Å²) in [5.74, 6) is -1.06. The summed E-state index contributed by atoms with van der Waals surface area (Å²) in [6, 6.07) is 2.97. The molecule has 2 atom stereocenters. The summed E-state index contributed by atoms with van der Waals surface area (Å²) in [4.78, 5) is 29.8. The van der Waals surface area contributed by atoms with Gasteiger partial charge in [-0.2, -0.15) is 0 Å². The van der Waals surface area contributed by atoms with Crippen LogP contribution in [0.15, 0.2) is 28.9 Å². The third-order valence-electron chi connectivity index (χ3n) is 6.80. The predicted molar refractivity (Wildman–Crippen MR) is 109 cm³/mol. The summed E-state index contributed by atoms with van der Waals surface area (Å²) >= 11 is 0. The zero-order chi connectivity index (χ0) is 22.6. The first-order valence-electron chi connectivity index (χ1n) is 11.0. The van der Waals surface area contributed by atoms with Gasteiger partial charge in [0.2, 0.25) is 0 Å². The molecule has 9 heteroatoms. The highest BCUT2D eigenvalue weighted by Crippen LogP contribution is 2.47. The molecule has 1 aromatic heterocycles. The Balaban J connectivity index is 1.31. The van der Waals surface area contributed by atoms with Crippen LogP contribution in [-0.2, 0) is 9.53 Å². The number of nitrogens with zero attached hydrogens (tertiary/aromatic N) is 3. The molecule has 4 heterocycles. The molecule has 2 aromatic rings. The van der Waals surface area contributed by atoms with Gasteiger partial charge in [-0.25, -0.2) is 8.78 Å². The number of likely N-dealkylation sites (tertiary alicyclic amines) is 1. The Hall–Kier alpha value is -2.81. The Morgan fingerprint density at radius 3 is 2.50 bits per heavy atom. The van der Waals surface area contributed by atoms with Gasteiger partial charge >= 0.3 is 0 Å². The number of aromatic nitrogens is 1. The van der Waals surface area contributed by atoms with Crippen molar-refractivity contribution in [3.63, 3.8) is 0 Å². The van der Waals surface area contributed by atoms with Gasteiger partial charge in [0, 0.05) is 37.9 Å². The lowest BCUT2D eigenvalue weighted by atomic mass is 9.89. The van der Waals surface area contributed by atoms with E-state index < -0.39 is 29.5 Å². The second-order valence-corrected chi connectivity index (χ2v) is 9.13. The molecular formula is C23H25F2N3O4. The molecule has 3 fully saturated rings. The molecule has 1 spiro atoms. The number of ether oxygens (including phenoxy) is 1. The molecular weight excluding hydrogens is 420 g/mol. The molecule has 1 aromatic carbocycles. The van der Waals surface area contributed by atoms with Crippen LogP contribution in [0.5, 0.6) is 0 Å². The highest BCUT2D eigenvalue weighted by molar-refractivity contribution is 5.95. The van der Waals surface area contributed by atoms with Crippen LogP contribution in [0.4, 0.5) is 8.78 Å². The number of amides is 2. The van der Waals surface area contributed by atoms with Crippen LogP contribution < -0.4 is 0 Å². The number of halogens is 2. The van der Waals surface area contributed by atoms with E-state index in [0.29, 0.717) is 55.7 Å². The van der Waals surface area contributed by atoms with Crippen molar-refractivity contribution in [1.82, 2.24) is 15.0 Å². The maximum Gasteiger partial charge on any atom is 0.259 e. The minimum atomic E-state index is -0.999. The quantitative estimate of drug-likeness (QED) is 0.719. The van der Waals surface area contributed by atoms with Crippen molar-refractivity contribution in [1.29, 1.82) is 0 Å². The Bertz CT molecular complexity index is 1040. The molecule has 32 heavy (non-hydrogen) atoms. The van der Waals surface area contributed by atoms with E-state index in [9.17, 15) is 18.4 Å². The standard InChI is InChI=1S/C23H25F2N3O4/c1-13(2)20-17(12-26-32-20)21(29)27-7-5-23(6-8-27)22(30)28-18(3-4-19(28)31-23)14-9-15(24)11-16(25)10-14/h9-13,18-19H,3-8H2,1-2H3/t18-,19+/m0/s1. The van der Waals surface area contributed by atoms with Crippen LogP contribution >= 0.6 is 0 Å². The SMILES string of the molecule is CC(C)c1oncc1C(=O)N1CCC2(CC1)O[C@@H]1CC[C@@H](c3cc(F)cc(F)c3)N1C2=O. The van der Waals surface area contributed by atoms with Crippen molar-refractivity contribution in [2.24, 2.45) is 0 Å². The van der Waals surface area contributed by atoms with E-state index in [1.807, 2.05) is 13.8 Å². The number of carbonyl (C=O) groups excluding carboxylic acids is 2. The topological polar surface area (TPSA) is 75.9 Å². The molecule has 170 valence electrons.